The number of rotatable bonds is 8. The van der Waals surface area contributed by atoms with Gasteiger partial charge in [-0.1, -0.05) is 23.2 Å². The molecule has 4 rings (SSSR count). The summed E-state index contributed by atoms with van der Waals surface area (Å²) in [6.45, 7) is 2.02. The minimum Gasteiger partial charge on any atom is -0.489 e. The molecule has 0 radical (unpaired) electrons. The Morgan fingerprint density at radius 1 is 1.12 bits per heavy atom. The minimum atomic E-state index is -0.674. The van der Waals surface area contributed by atoms with Crippen molar-refractivity contribution in [3.63, 3.8) is 0 Å². The van der Waals surface area contributed by atoms with Crippen LogP contribution in [-0.2, 0) is 9.47 Å². The number of ether oxygens (including phenoxy) is 3. The summed E-state index contributed by atoms with van der Waals surface area (Å²) in [7, 11) is 2.92. The highest BCUT2D eigenvalue weighted by molar-refractivity contribution is 6.34. The van der Waals surface area contributed by atoms with Crippen LogP contribution in [0.3, 0.4) is 0 Å². The van der Waals surface area contributed by atoms with Gasteiger partial charge in [0.25, 0.3) is 0 Å². The topological polar surface area (TPSA) is 48.0 Å². The van der Waals surface area contributed by atoms with Crippen molar-refractivity contribution in [2.24, 2.45) is 0 Å². The third kappa shape index (κ3) is 5.80. The molecule has 0 aromatic heterocycles. The first-order valence-electron chi connectivity index (χ1n) is 11.2. The van der Waals surface area contributed by atoms with Gasteiger partial charge in [-0.3, -0.25) is 4.90 Å². The van der Waals surface area contributed by atoms with Gasteiger partial charge in [0, 0.05) is 29.8 Å². The number of likely N-dealkylation sites (tertiary alicyclic amines) is 1. The van der Waals surface area contributed by atoms with Crippen LogP contribution in [0, 0.1) is 5.82 Å². The summed E-state index contributed by atoms with van der Waals surface area (Å²) in [4.78, 5) is 14.3. The zero-order valence-electron chi connectivity index (χ0n) is 18.8. The summed E-state index contributed by atoms with van der Waals surface area (Å²) >= 11 is 12.5. The van der Waals surface area contributed by atoms with E-state index >= 15 is 0 Å². The summed E-state index contributed by atoms with van der Waals surface area (Å²) in [5.41, 5.74) is 1.82. The molecule has 178 valence electrons. The highest BCUT2D eigenvalue weighted by Crippen LogP contribution is 2.45. The molecule has 2 fully saturated rings. The molecule has 0 N–H and O–H groups in total. The fraction of sp³-hybridized carbons (Fsp3) is 0.480. The maximum atomic E-state index is 14.7. The van der Waals surface area contributed by atoms with Crippen LogP contribution in [-0.4, -0.2) is 50.9 Å². The summed E-state index contributed by atoms with van der Waals surface area (Å²) < 4.78 is 31.3. The Morgan fingerprint density at radius 2 is 1.85 bits per heavy atom. The van der Waals surface area contributed by atoms with Crippen molar-refractivity contribution in [2.45, 2.75) is 43.7 Å². The zero-order chi connectivity index (χ0) is 23.5. The second-order valence-corrected chi connectivity index (χ2v) is 9.56. The average Bonchev–Trinajstić information content (AvgIpc) is 3.62. The van der Waals surface area contributed by atoms with Crippen LogP contribution in [0.25, 0.3) is 0 Å². The smallest absolute Gasteiger partial charge is 0.340 e. The predicted molar refractivity (Wildman–Crippen MR) is 126 cm³/mol. The molecule has 2 aliphatic rings. The van der Waals surface area contributed by atoms with E-state index in [2.05, 4.69) is 4.90 Å². The Morgan fingerprint density at radius 3 is 2.48 bits per heavy atom. The highest BCUT2D eigenvalue weighted by Gasteiger charge is 2.33. The first-order valence-corrected chi connectivity index (χ1v) is 11.9. The molecule has 1 unspecified atom stereocenters. The Bertz CT molecular complexity index is 994. The van der Waals surface area contributed by atoms with Crippen molar-refractivity contribution in [3.05, 3.63) is 62.9 Å². The van der Waals surface area contributed by atoms with Gasteiger partial charge in [-0.2, -0.15) is 0 Å². The number of esters is 1. The predicted octanol–water partition coefficient (Wildman–Crippen LogP) is 6.03. The minimum absolute atomic E-state index is 0.0288. The SMILES string of the molecule is COCC(c1cc(Cl)cc(Cl)c1)N1CCC[C@@H](Oc2cc(F)c(C(=O)OC)cc2C2CC2)C1. The fourth-order valence-electron chi connectivity index (χ4n) is 4.52. The standard InChI is InChI=1S/C25H28Cl2FNO4/c1-31-14-23(16-8-17(26)10-18(27)9-16)29-7-3-4-19(13-29)33-24-12-22(28)21(25(30)32-2)11-20(24)15-5-6-15/h8-12,15,19,23H,3-7,13-14H2,1-2H3/t19-,23?/m1/s1. The summed E-state index contributed by atoms with van der Waals surface area (Å²) in [6, 6.07) is 8.43. The van der Waals surface area contributed by atoms with Crippen molar-refractivity contribution in [1.82, 2.24) is 4.90 Å². The molecule has 1 heterocycles. The molecule has 5 nitrogen and oxygen atoms in total. The van der Waals surface area contributed by atoms with Gasteiger partial charge < -0.3 is 14.2 Å². The number of hydrogen-bond acceptors (Lipinski definition) is 5. The zero-order valence-corrected chi connectivity index (χ0v) is 20.3. The number of hydrogen-bond donors (Lipinski definition) is 0. The van der Waals surface area contributed by atoms with Gasteiger partial charge >= 0.3 is 5.97 Å². The molecular weight excluding hydrogens is 468 g/mol. The van der Waals surface area contributed by atoms with Crippen LogP contribution in [0.15, 0.2) is 30.3 Å². The van der Waals surface area contributed by atoms with Gasteiger partial charge in [-0.05, 0) is 73.5 Å². The average molecular weight is 496 g/mol. The number of carbonyl (C=O) groups is 1. The molecule has 2 atom stereocenters. The van der Waals surface area contributed by atoms with Gasteiger partial charge in [0.2, 0.25) is 0 Å². The monoisotopic (exact) mass is 495 g/mol. The van der Waals surface area contributed by atoms with E-state index in [1.807, 2.05) is 12.1 Å². The first kappa shape index (κ1) is 24.3. The Balaban J connectivity index is 1.55. The van der Waals surface area contributed by atoms with Gasteiger partial charge in [0.05, 0.1) is 25.3 Å². The number of piperidine rings is 1. The van der Waals surface area contributed by atoms with Gasteiger partial charge in [-0.15, -0.1) is 0 Å². The Labute approximate surface area is 203 Å². The van der Waals surface area contributed by atoms with Crippen molar-refractivity contribution in [3.8, 4) is 5.75 Å². The lowest BCUT2D eigenvalue weighted by molar-refractivity contribution is 0.0284. The molecular formula is C25H28Cl2FNO4. The van der Waals surface area contributed by atoms with Crippen LogP contribution in [0.4, 0.5) is 4.39 Å². The van der Waals surface area contributed by atoms with E-state index in [-0.39, 0.29) is 17.7 Å². The molecule has 1 saturated heterocycles. The third-order valence-electron chi connectivity index (χ3n) is 6.26. The maximum absolute atomic E-state index is 14.7. The van der Waals surface area contributed by atoms with Crippen molar-refractivity contribution >= 4 is 29.2 Å². The second kappa shape index (κ2) is 10.6. The molecule has 1 saturated carbocycles. The fourth-order valence-corrected chi connectivity index (χ4v) is 5.06. The van der Waals surface area contributed by atoms with E-state index < -0.39 is 11.8 Å². The third-order valence-corrected chi connectivity index (χ3v) is 6.70. The summed E-state index contributed by atoms with van der Waals surface area (Å²) in [5, 5.41) is 1.16. The molecule has 2 aromatic rings. The van der Waals surface area contributed by atoms with E-state index in [1.165, 1.54) is 13.2 Å². The number of methoxy groups -OCH3 is 2. The Kier molecular flexibility index (Phi) is 7.80. The van der Waals surface area contributed by atoms with Crippen molar-refractivity contribution in [2.75, 3.05) is 33.9 Å². The quantitative estimate of drug-likeness (QED) is 0.418. The molecule has 33 heavy (non-hydrogen) atoms. The number of halogens is 3. The molecule has 0 spiro atoms. The highest BCUT2D eigenvalue weighted by atomic mass is 35.5. The molecule has 2 aromatic carbocycles. The summed E-state index contributed by atoms with van der Waals surface area (Å²) in [6.07, 6.45) is 3.68. The lowest BCUT2D eigenvalue weighted by Crippen LogP contribution is -2.44. The maximum Gasteiger partial charge on any atom is 0.340 e. The Hall–Kier alpha value is -1.86. The summed E-state index contributed by atoms with van der Waals surface area (Å²) in [5.74, 6) is -0.491. The van der Waals surface area contributed by atoms with Crippen LogP contribution in [0.1, 0.15) is 59.1 Å². The normalized spacial score (nSPS) is 19.8. The van der Waals surface area contributed by atoms with E-state index in [0.29, 0.717) is 34.9 Å². The number of benzene rings is 2. The first-order chi connectivity index (χ1) is 15.9. The molecule has 0 amide bonds. The van der Waals surface area contributed by atoms with Crippen LogP contribution < -0.4 is 4.74 Å². The molecule has 1 aliphatic carbocycles. The largest absolute Gasteiger partial charge is 0.489 e. The van der Waals surface area contributed by atoms with E-state index in [0.717, 1.165) is 43.4 Å². The van der Waals surface area contributed by atoms with Crippen LogP contribution in [0.2, 0.25) is 10.0 Å². The lowest BCUT2D eigenvalue weighted by Gasteiger charge is -2.38. The van der Waals surface area contributed by atoms with Crippen molar-refractivity contribution in [1.29, 1.82) is 0 Å². The van der Waals surface area contributed by atoms with E-state index in [9.17, 15) is 9.18 Å². The van der Waals surface area contributed by atoms with E-state index in [1.54, 1.807) is 19.2 Å². The number of nitrogens with zero attached hydrogens (tertiary/aromatic N) is 1. The second-order valence-electron chi connectivity index (χ2n) is 8.69. The molecule has 8 heteroatoms. The van der Waals surface area contributed by atoms with Gasteiger partial charge in [0.1, 0.15) is 17.7 Å². The van der Waals surface area contributed by atoms with Crippen LogP contribution in [0.5, 0.6) is 5.75 Å². The van der Waals surface area contributed by atoms with Crippen LogP contribution >= 0.6 is 23.2 Å². The lowest BCUT2D eigenvalue weighted by atomic mass is 10.0. The van der Waals surface area contributed by atoms with Gasteiger partial charge in [0.15, 0.2) is 0 Å². The molecule has 1 aliphatic heterocycles. The van der Waals surface area contributed by atoms with Crippen molar-refractivity contribution < 1.29 is 23.4 Å². The molecule has 0 bridgehead atoms. The van der Waals surface area contributed by atoms with E-state index in [4.69, 9.17) is 37.4 Å². The van der Waals surface area contributed by atoms with Gasteiger partial charge in [-0.25, -0.2) is 9.18 Å². The number of carbonyl (C=O) groups excluding carboxylic acids is 1.